The van der Waals surface area contributed by atoms with Gasteiger partial charge in [0.2, 0.25) is 0 Å². The van der Waals surface area contributed by atoms with Crippen molar-refractivity contribution in [1.29, 1.82) is 0 Å². The molecule has 0 aliphatic heterocycles. The third-order valence-corrected chi connectivity index (χ3v) is 18.0. The zero-order valence-corrected chi connectivity index (χ0v) is 23.7. The van der Waals surface area contributed by atoms with Crippen LogP contribution in [0.3, 0.4) is 0 Å². The standard InChI is InChI=1S/C32H36GeO/c1-8-34-29-17-15-28(16-18-29)33(30-19-22(2)9-12-25(30)5,31-20-23(3)10-13-26(31)6)32-21-24(4)11-14-27(32)7/h9-21H,8H2,1-7H3. The molecular weight excluding hydrogens is 473 g/mol. The van der Waals surface area contributed by atoms with E-state index < -0.39 is 13.3 Å². The molecule has 174 valence electrons. The SMILES string of the molecule is CCOc1cc[c]([Ge]([c]2cc(C)ccc2C)([c]2cc(C)ccc2C)[c]2cc(C)ccc2C)cc1. The fraction of sp³-hybridized carbons (Fsp3) is 0.250. The van der Waals surface area contributed by atoms with E-state index in [-0.39, 0.29) is 0 Å². The number of hydrogen-bond donors (Lipinski definition) is 0. The second kappa shape index (κ2) is 9.84. The molecule has 0 radical (unpaired) electrons. The van der Waals surface area contributed by atoms with Crippen LogP contribution in [0.4, 0.5) is 0 Å². The van der Waals surface area contributed by atoms with Gasteiger partial charge in [-0.3, -0.25) is 0 Å². The van der Waals surface area contributed by atoms with Crippen LogP contribution in [0.5, 0.6) is 5.75 Å². The molecule has 0 aliphatic carbocycles. The summed E-state index contributed by atoms with van der Waals surface area (Å²) in [5, 5.41) is 0. The van der Waals surface area contributed by atoms with Crippen LogP contribution in [-0.4, -0.2) is 19.9 Å². The second-order valence-electron chi connectivity index (χ2n) is 9.66. The Balaban J connectivity index is 2.23. The van der Waals surface area contributed by atoms with Gasteiger partial charge in [-0.2, -0.15) is 0 Å². The molecule has 0 atom stereocenters. The number of hydrogen-bond acceptors (Lipinski definition) is 1. The second-order valence-corrected chi connectivity index (χ2v) is 17.4. The third-order valence-electron chi connectivity index (χ3n) is 6.99. The Morgan fingerprint density at radius 1 is 0.529 bits per heavy atom. The van der Waals surface area contributed by atoms with Crippen LogP contribution in [0, 0.1) is 41.5 Å². The van der Waals surface area contributed by atoms with Gasteiger partial charge in [-0.1, -0.05) is 0 Å². The van der Waals surface area contributed by atoms with Crippen LogP contribution in [0.2, 0.25) is 0 Å². The van der Waals surface area contributed by atoms with Gasteiger partial charge in [0.25, 0.3) is 0 Å². The van der Waals surface area contributed by atoms with Crippen LogP contribution in [0.1, 0.15) is 40.3 Å². The molecule has 0 bridgehead atoms. The summed E-state index contributed by atoms with van der Waals surface area (Å²) >= 11 is -3.39. The van der Waals surface area contributed by atoms with Gasteiger partial charge in [-0.25, -0.2) is 0 Å². The third kappa shape index (κ3) is 4.34. The number of aryl methyl sites for hydroxylation is 6. The van der Waals surface area contributed by atoms with E-state index in [0.717, 1.165) is 5.75 Å². The van der Waals surface area contributed by atoms with E-state index in [9.17, 15) is 0 Å². The fourth-order valence-electron chi connectivity index (χ4n) is 5.29. The molecule has 0 N–H and O–H groups in total. The molecule has 34 heavy (non-hydrogen) atoms. The van der Waals surface area contributed by atoms with Crippen molar-refractivity contribution >= 4 is 30.8 Å². The molecule has 0 saturated carbocycles. The van der Waals surface area contributed by atoms with E-state index in [1.54, 1.807) is 0 Å². The minimum absolute atomic E-state index is 0.677. The van der Waals surface area contributed by atoms with Gasteiger partial charge < -0.3 is 0 Å². The van der Waals surface area contributed by atoms with Crippen molar-refractivity contribution in [3.05, 3.63) is 112 Å². The van der Waals surface area contributed by atoms with E-state index in [4.69, 9.17) is 4.74 Å². The maximum atomic E-state index is 5.84. The molecule has 0 fully saturated rings. The Morgan fingerprint density at radius 2 is 0.912 bits per heavy atom. The normalized spacial score (nSPS) is 11.5. The summed E-state index contributed by atoms with van der Waals surface area (Å²) < 4.78 is 11.8. The summed E-state index contributed by atoms with van der Waals surface area (Å²) in [6.07, 6.45) is 0. The van der Waals surface area contributed by atoms with Crippen LogP contribution in [0.15, 0.2) is 78.9 Å². The van der Waals surface area contributed by atoms with E-state index >= 15 is 0 Å². The monoisotopic (exact) mass is 510 g/mol. The Bertz CT molecular complexity index is 1190. The number of rotatable bonds is 6. The Morgan fingerprint density at radius 3 is 1.26 bits per heavy atom. The van der Waals surface area contributed by atoms with Crippen molar-refractivity contribution in [3.8, 4) is 5.75 Å². The summed E-state index contributed by atoms with van der Waals surface area (Å²) in [4.78, 5) is 0. The topological polar surface area (TPSA) is 9.23 Å². The van der Waals surface area contributed by atoms with Gasteiger partial charge in [-0.15, -0.1) is 0 Å². The summed E-state index contributed by atoms with van der Waals surface area (Å²) in [7, 11) is 0. The summed E-state index contributed by atoms with van der Waals surface area (Å²) in [6, 6.07) is 30.1. The van der Waals surface area contributed by atoms with Crippen LogP contribution in [0.25, 0.3) is 0 Å². The van der Waals surface area contributed by atoms with Gasteiger partial charge in [0.15, 0.2) is 0 Å². The molecule has 4 rings (SSSR count). The quantitative estimate of drug-likeness (QED) is 0.320. The van der Waals surface area contributed by atoms with Crippen molar-refractivity contribution in [2.75, 3.05) is 6.61 Å². The van der Waals surface area contributed by atoms with Crippen molar-refractivity contribution in [3.63, 3.8) is 0 Å². The molecule has 0 aliphatic rings. The molecular formula is C32H36GeO. The average Bonchev–Trinajstić information content (AvgIpc) is 2.82. The Hall–Kier alpha value is -2.78. The van der Waals surface area contributed by atoms with E-state index in [0.29, 0.717) is 6.61 Å². The first kappa shape index (κ1) is 24.4. The molecule has 0 spiro atoms. The van der Waals surface area contributed by atoms with Gasteiger partial charge in [0, 0.05) is 0 Å². The zero-order valence-electron chi connectivity index (χ0n) is 21.6. The number of benzene rings is 4. The molecule has 2 heteroatoms. The molecule has 0 amide bonds. The summed E-state index contributed by atoms with van der Waals surface area (Å²) in [6.45, 7) is 16.3. The number of ether oxygens (including phenoxy) is 1. The van der Waals surface area contributed by atoms with Crippen molar-refractivity contribution in [2.45, 2.75) is 48.5 Å². The molecule has 4 aromatic rings. The predicted molar refractivity (Wildman–Crippen MR) is 150 cm³/mol. The molecule has 0 heterocycles. The van der Waals surface area contributed by atoms with Gasteiger partial charge >= 0.3 is 209 Å². The van der Waals surface area contributed by atoms with E-state index in [2.05, 4.69) is 120 Å². The van der Waals surface area contributed by atoms with Gasteiger partial charge in [0.05, 0.1) is 0 Å². The Kier molecular flexibility index (Phi) is 7.05. The average molecular weight is 509 g/mol. The molecule has 4 aromatic carbocycles. The van der Waals surface area contributed by atoms with Crippen molar-refractivity contribution in [2.24, 2.45) is 0 Å². The zero-order chi connectivity index (χ0) is 24.5. The fourth-order valence-corrected chi connectivity index (χ4v) is 17.5. The predicted octanol–water partition coefficient (Wildman–Crippen LogP) is 5.31. The van der Waals surface area contributed by atoms with Gasteiger partial charge in [0.1, 0.15) is 0 Å². The maximum absolute atomic E-state index is 5.84. The van der Waals surface area contributed by atoms with Crippen molar-refractivity contribution < 1.29 is 4.74 Å². The molecule has 0 aromatic heterocycles. The van der Waals surface area contributed by atoms with Crippen LogP contribution < -0.4 is 22.3 Å². The first-order valence-corrected chi connectivity index (χ1v) is 16.4. The van der Waals surface area contributed by atoms with Gasteiger partial charge in [-0.05, 0) is 0 Å². The van der Waals surface area contributed by atoms with Crippen molar-refractivity contribution in [1.82, 2.24) is 0 Å². The van der Waals surface area contributed by atoms with E-state index in [1.165, 1.54) is 51.0 Å². The first-order valence-electron chi connectivity index (χ1n) is 12.2. The van der Waals surface area contributed by atoms with Crippen LogP contribution in [-0.2, 0) is 0 Å². The molecule has 0 unspecified atom stereocenters. The van der Waals surface area contributed by atoms with Crippen LogP contribution >= 0.6 is 0 Å². The Labute approximate surface area is 208 Å². The summed E-state index contributed by atoms with van der Waals surface area (Å²) in [5.74, 6) is 0.936. The van der Waals surface area contributed by atoms with E-state index in [1.807, 2.05) is 6.92 Å². The first-order chi connectivity index (χ1) is 16.3. The summed E-state index contributed by atoms with van der Waals surface area (Å²) in [5.41, 5.74) is 8.08. The molecule has 1 nitrogen and oxygen atoms in total. The molecule has 0 saturated heterocycles. The minimum atomic E-state index is -3.39.